The second-order valence-electron chi connectivity index (χ2n) is 7.61. The molecule has 28 heavy (non-hydrogen) atoms. The monoisotopic (exact) mass is 412 g/mol. The summed E-state index contributed by atoms with van der Waals surface area (Å²) in [7, 11) is -0.620. The molecule has 0 radical (unpaired) electrons. The molecule has 1 aromatic rings. The molecule has 1 heterocycles. The van der Waals surface area contributed by atoms with Crippen LogP contribution in [0.15, 0.2) is 23.1 Å². The van der Waals surface area contributed by atoms with Crippen LogP contribution in [0.5, 0.6) is 5.75 Å². The highest BCUT2D eigenvalue weighted by Crippen LogP contribution is 2.32. The van der Waals surface area contributed by atoms with Crippen molar-refractivity contribution in [3.05, 3.63) is 23.8 Å². The smallest absolute Gasteiger partial charge is 0.246 e. The summed E-state index contributed by atoms with van der Waals surface area (Å²) in [5, 5.41) is 2.92. The van der Waals surface area contributed by atoms with Crippen molar-refractivity contribution in [3.8, 4) is 5.75 Å². The Bertz CT molecular complexity index is 771. The number of carbonyl (C=O) groups is 1. The number of nitrogens with one attached hydrogen (secondary N) is 1. The fourth-order valence-electron chi connectivity index (χ4n) is 3.40. The summed E-state index contributed by atoms with van der Waals surface area (Å²) in [4.78, 5) is 12.6. The molecule has 8 heteroatoms. The molecular formula is C20H32N2O5S. The van der Waals surface area contributed by atoms with Crippen LogP contribution in [0.1, 0.15) is 45.1 Å². The molecule has 0 aliphatic carbocycles. The van der Waals surface area contributed by atoms with Gasteiger partial charge in [0.2, 0.25) is 15.9 Å². The number of carbonyl (C=O) groups excluding carboxylic acids is 1. The molecule has 1 aromatic carbocycles. The van der Waals surface area contributed by atoms with Gasteiger partial charge in [0.25, 0.3) is 0 Å². The number of sulfonamides is 1. The average Bonchev–Trinajstić information content (AvgIpc) is 2.67. The first-order chi connectivity index (χ1) is 13.2. The highest BCUT2D eigenvalue weighted by molar-refractivity contribution is 7.89. The molecule has 1 saturated heterocycles. The van der Waals surface area contributed by atoms with E-state index in [4.69, 9.17) is 9.47 Å². The van der Waals surface area contributed by atoms with Gasteiger partial charge in [0.1, 0.15) is 10.6 Å². The zero-order valence-electron chi connectivity index (χ0n) is 17.4. The second-order valence-corrected chi connectivity index (χ2v) is 9.51. The predicted octanol–water partition coefficient (Wildman–Crippen LogP) is 2.37. The molecule has 0 unspecified atom stereocenters. The molecule has 1 aliphatic rings. The topological polar surface area (TPSA) is 84.9 Å². The Labute approximate surface area is 168 Å². The summed E-state index contributed by atoms with van der Waals surface area (Å²) in [6.45, 7) is 7.00. The quantitative estimate of drug-likeness (QED) is 0.709. The number of hydrogen-bond acceptors (Lipinski definition) is 5. The number of ether oxygens (including phenoxy) is 2. The normalized spacial score (nSPS) is 17.5. The van der Waals surface area contributed by atoms with Gasteiger partial charge in [0, 0.05) is 32.2 Å². The Morgan fingerprint density at radius 1 is 1.21 bits per heavy atom. The van der Waals surface area contributed by atoms with E-state index in [0.29, 0.717) is 38.3 Å². The zero-order chi connectivity index (χ0) is 20.9. The van der Waals surface area contributed by atoms with Crippen LogP contribution in [-0.2, 0) is 19.6 Å². The first kappa shape index (κ1) is 22.6. The van der Waals surface area contributed by atoms with Gasteiger partial charge in [-0.05, 0) is 43.4 Å². The molecule has 158 valence electrons. The Balaban J connectivity index is 2.11. The molecule has 1 fully saturated rings. The van der Waals surface area contributed by atoms with Gasteiger partial charge in [-0.15, -0.1) is 0 Å². The van der Waals surface area contributed by atoms with Crippen LogP contribution < -0.4 is 10.1 Å². The summed E-state index contributed by atoms with van der Waals surface area (Å²) in [6.07, 6.45) is 0.994. The summed E-state index contributed by atoms with van der Waals surface area (Å²) < 4.78 is 38.2. The number of piperidine rings is 1. The summed E-state index contributed by atoms with van der Waals surface area (Å²) in [5.41, 5.74) is 0.945. The zero-order valence-corrected chi connectivity index (χ0v) is 18.2. The van der Waals surface area contributed by atoms with Crippen LogP contribution in [0.25, 0.3) is 0 Å². The van der Waals surface area contributed by atoms with Crippen molar-refractivity contribution < 1.29 is 22.7 Å². The molecule has 0 bridgehead atoms. The summed E-state index contributed by atoms with van der Waals surface area (Å²) >= 11 is 0. The maximum absolute atomic E-state index is 13.2. The first-order valence-corrected chi connectivity index (χ1v) is 11.1. The second kappa shape index (κ2) is 9.71. The number of benzene rings is 1. The number of nitrogens with zero attached hydrogens (tertiary/aromatic N) is 1. The minimum atomic E-state index is -3.68. The molecule has 0 spiro atoms. The van der Waals surface area contributed by atoms with E-state index in [9.17, 15) is 13.2 Å². The van der Waals surface area contributed by atoms with Crippen molar-refractivity contribution >= 4 is 15.9 Å². The van der Waals surface area contributed by atoms with Gasteiger partial charge >= 0.3 is 0 Å². The lowest BCUT2D eigenvalue weighted by Gasteiger charge is -2.31. The van der Waals surface area contributed by atoms with Crippen molar-refractivity contribution in [2.75, 3.05) is 33.9 Å². The molecule has 1 amide bonds. The van der Waals surface area contributed by atoms with Crippen molar-refractivity contribution in [1.29, 1.82) is 0 Å². The van der Waals surface area contributed by atoms with E-state index in [2.05, 4.69) is 5.32 Å². The number of rotatable bonds is 8. The molecule has 1 aliphatic heterocycles. The fraction of sp³-hybridized carbons (Fsp3) is 0.650. The summed E-state index contributed by atoms with van der Waals surface area (Å²) in [6, 6.07) is 5.23. The van der Waals surface area contributed by atoms with Gasteiger partial charge in [-0.3, -0.25) is 4.79 Å². The van der Waals surface area contributed by atoms with Crippen molar-refractivity contribution in [2.24, 2.45) is 5.92 Å². The van der Waals surface area contributed by atoms with E-state index < -0.39 is 10.0 Å². The fourth-order valence-corrected chi connectivity index (χ4v) is 5.06. The van der Waals surface area contributed by atoms with Crippen LogP contribution in [0.2, 0.25) is 0 Å². The highest BCUT2D eigenvalue weighted by atomic mass is 32.2. The molecule has 1 atom stereocenters. The molecule has 2 rings (SSSR count). The number of hydrogen-bond donors (Lipinski definition) is 1. The molecule has 1 N–H and O–H groups in total. The van der Waals surface area contributed by atoms with Gasteiger partial charge in [-0.25, -0.2) is 8.42 Å². The highest BCUT2D eigenvalue weighted by Gasteiger charge is 2.34. The molecule has 0 aromatic heterocycles. The molecule has 7 nitrogen and oxygen atoms in total. The van der Waals surface area contributed by atoms with E-state index in [1.807, 2.05) is 26.8 Å². The number of methoxy groups -OCH3 is 2. The third-order valence-electron chi connectivity index (χ3n) is 5.10. The van der Waals surface area contributed by atoms with Crippen LogP contribution in [0, 0.1) is 5.92 Å². The van der Waals surface area contributed by atoms with Crippen molar-refractivity contribution in [1.82, 2.24) is 9.62 Å². The van der Waals surface area contributed by atoms with Gasteiger partial charge in [0.15, 0.2) is 0 Å². The van der Waals surface area contributed by atoms with Gasteiger partial charge in [-0.2, -0.15) is 4.31 Å². The largest absolute Gasteiger partial charge is 0.495 e. The Hall–Kier alpha value is -1.64. The van der Waals surface area contributed by atoms with E-state index >= 15 is 0 Å². The maximum atomic E-state index is 13.2. The summed E-state index contributed by atoms with van der Waals surface area (Å²) in [5.74, 6) is 0.330. The van der Waals surface area contributed by atoms with Crippen molar-refractivity contribution in [3.63, 3.8) is 0 Å². The maximum Gasteiger partial charge on any atom is 0.246 e. The van der Waals surface area contributed by atoms with E-state index in [1.54, 1.807) is 19.2 Å². The van der Waals surface area contributed by atoms with Crippen LogP contribution in [0.4, 0.5) is 0 Å². The van der Waals surface area contributed by atoms with Gasteiger partial charge < -0.3 is 14.8 Å². The third kappa shape index (κ3) is 5.24. The Morgan fingerprint density at radius 2 is 1.86 bits per heavy atom. The standard InChI is InChI=1S/C20H32N2O5S/c1-14(2)17-6-7-18(27-5)19(12-17)28(24,25)22-10-8-16(9-11-22)20(23)21-15(3)13-26-4/h6-7,12,14-16H,8-11,13H2,1-5H3,(H,21,23)/t15-/m1/s1. The van der Waals surface area contributed by atoms with E-state index in [-0.39, 0.29) is 28.7 Å². The van der Waals surface area contributed by atoms with Crippen LogP contribution in [0.3, 0.4) is 0 Å². The average molecular weight is 413 g/mol. The lowest BCUT2D eigenvalue weighted by Crippen LogP contribution is -2.45. The Morgan fingerprint density at radius 3 is 2.39 bits per heavy atom. The first-order valence-electron chi connectivity index (χ1n) is 9.68. The van der Waals surface area contributed by atoms with E-state index in [0.717, 1.165) is 5.56 Å². The number of amides is 1. The van der Waals surface area contributed by atoms with Crippen molar-refractivity contribution in [2.45, 2.75) is 50.5 Å². The predicted molar refractivity (Wildman–Crippen MR) is 108 cm³/mol. The lowest BCUT2D eigenvalue weighted by atomic mass is 9.97. The minimum Gasteiger partial charge on any atom is -0.495 e. The third-order valence-corrected chi connectivity index (χ3v) is 7.02. The molecular weight excluding hydrogens is 380 g/mol. The SMILES string of the molecule is COC[C@@H](C)NC(=O)C1CCN(S(=O)(=O)c2cc(C(C)C)ccc2OC)CC1. The lowest BCUT2D eigenvalue weighted by molar-refractivity contribution is -0.127. The van der Waals surface area contributed by atoms with E-state index in [1.165, 1.54) is 11.4 Å². The minimum absolute atomic E-state index is 0.0408. The van der Waals surface area contributed by atoms with Crippen LogP contribution >= 0.6 is 0 Å². The van der Waals surface area contributed by atoms with Gasteiger partial charge in [0.05, 0.1) is 13.7 Å². The van der Waals surface area contributed by atoms with Gasteiger partial charge in [-0.1, -0.05) is 19.9 Å². The molecule has 0 saturated carbocycles. The Kier molecular flexibility index (Phi) is 7.86. The van der Waals surface area contributed by atoms with Crippen LogP contribution in [-0.4, -0.2) is 58.6 Å².